The first kappa shape index (κ1) is 7.06. The summed E-state index contributed by atoms with van der Waals surface area (Å²) in [7, 11) is 0. The molecule has 0 atom stereocenters. The third kappa shape index (κ3) is 1.12. The van der Waals surface area contributed by atoms with Crippen molar-refractivity contribution in [1.29, 1.82) is 0 Å². The lowest BCUT2D eigenvalue weighted by atomic mass is 9.99. The molecule has 0 aromatic rings. The normalized spacial score (nSPS) is 26.1. The molecule has 2 aliphatic heterocycles. The highest BCUT2D eigenvalue weighted by atomic mass is 16.3. The quantitative estimate of drug-likeness (QED) is 0.481. The van der Waals surface area contributed by atoms with Gasteiger partial charge in [-0.25, -0.2) is 0 Å². The Morgan fingerprint density at radius 1 is 1.45 bits per heavy atom. The average molecular weight is 156 g/mol. The van der Waals surface area contributed by atoms with Gasteiger partial charge in [-0.15, -0.1) is 0 Å². The lowest BCUT2D eigenvalue weighted by Gasteiger charge is -2.40. The summed E-state index contributed by atoms with van der Waals surface area (Å²) in [5.74, 6) is 0.386. The number of carbonyl (C=O) groups is 1. The molecule has 2 rings (SSSR count). The lowest BCUT2D eigenvalue weighted by molar-refractivity contribution is -0.147. The predicted molar refractivity (Wildman–Crippen MR) is 38.9 cm³/mol. The van der Waals surface area contributed by atoms with Crippen LogP contribution in [0.4, 0.5) is 0 Å². The number of hydrogen-bond donors (Lipinski definition) is 2. The van der Waals surface area contributed by atoms with Gasteiger partial charge in [-0.3, -0.25) is 4.79 Å². The van der Waals surface area contributed by atoms with Gasteiger partial charge in [0.2, 0.25) is 5.91 Å². The van der Waals surface area contributed by atoms with Crippen LogP contribution >= 0.6 is 0 Å². The fraction of sp³-hybridized carbons (Fsp3) is 0.857. The average Bonchev–Trinajstić information content (AvgIpc) is 1.76. The van der Waals surface area contributed by atoms with Crippen molar-refractivity contribution in [1.82, 2.24) is 10.2 Å². The summed E-state index contributed by atoms with van der Waals surface area (Å²) in [4.78, 5) is 13.0. The van der Waals surface area contributed by atoms with Gasteiger partial charge in [0.15, 0.2) is 0 Å². The smallest absolute Gasteiger partial charge is 0.228 e. The number of amides is 1. The Balaban J connectivity index is 1.81. The molecule has 2 N–H and O–H groups in total. The van der Waals surface area contributed by atoms with Gasteiger partial charge < -0.3 is 15.3 Å². The van der Waals surface area contributed by atoms with Crippen LogP contribution in [0.15, 0.2) is 0 Å². The molecule has 0 saturated carbocycles. The number of aliphatic hydroxyl groups excluding tert-OH is 1. The van der Waals surface area contributed by atoms with E-state index in [0.29, 0.717) is 13.1 Å². The Kier molecular flexibility index (Phi) is 1.58. The predicted octanol–water partition coefficient (Wildman–Crippen LogP) is -1.59. The molecule has 0 radical (unpaired) electrons. The number of nitrogens with zero attached hydrogens (tertiary/aromatic N) is 1. The van der Waals surface area contributed by atoms with Crippen LogP contribution in [-0.4, -0.2) is 48.2 Å². The molecule has 4 heteroatoms. The first-order chi connectivity index (χ1) is 5.27. The maximum atomic E-state index is 11.3. The van der Waals surface area contributed by atoms with Gasteiger partial charge in [-0.05, 0) is 0 Å². The molecular weight excluding hydrogens is 144 g/mol. The Morgan fingerprint density at radius 2 is 2.09 bits per heavy atom. The highest BCUT2D eigenvalue weighted by molar-refractivity contribution is 5.81. The molecule has 2 saturated heterocycles. The maximum absolute atomic E-state index is 11.3. The highest BCUT2D eigenvalue weighted by Crippen LogP contribution is 2.14. The minimum absolute atomic E-state index is 0.183. The Labute approximate surface area is 65.2 Å². The monoisotopic (exact) mass is 156 g/mol. The summed E-state index contributed by atoms with van der Waals surface area (Å²) in [6.07, 6.45) is -0.271. The van der Waals surface area contributed by atoms with Gasteiger partial charge in [0.05, 0.1) is 12.0 Å². The standard InChI is InChI=1S/C7H12N2O2/c10-6-3-9(4-6)7(11)5-1-8-2-5/h5-6,8,10H,1-4H2. The molecule has 0 unspecified atom stereocenters. The number of rotatable bonds is 1. The number of carbonyl (C=O) groups excluding carboxylic acids is 1. The zero-order valence-corrected chi connectivity index (χ0v) is 6.29. The summed E-state index contributed by atoms with van der Waals surface area (Å²) >= 11 is 0. The fourth-order valence-electron chi connectivity index (χ4n) is 1.36. The van der Waals surface area contributed by atoms with Crippen LogP contribution in [0, 0.1) is 5.92 Å². The second kappa shape index (κ2) is 2.46. The third-order valence-corrected chi connectivity index (χ3v) is 2.30. The van der Waals surface area contributed by atoms with Crippen molar-refractivity contribution < 1.29 is 9.90 Å². The summed E-state index contributed by atoms with van der Waals surface area (Å²) in [5, 5.41) is 12.0. The second-order valence-corrected chi connectivity index (χ2v) is 3.25. The van der Waals surface area contributed by atoms with Crippen LogP contribution in [0.5, 0.6) is 0 Å². The van der Waals surface area contributed by atoms with E-state index in [1.54, 1.807) is 4.90 Å². The van der Waals surface area contributed by atoms with Crippen LogP contribution in [0.1, 0.15) is 0 Å². The first-order valence-electron chi connectivity index (χ1n) is 3.95. The molecule has 0 aromatic heterocycles. The lowest BCUT2D eigenvalue weighted by Crippen LogP contribution is -2.60. The van der Waals surface area contributed by atoms with Crippen molar-refractivity contribution in [2.75, 3.05) is 26.2 Å². The molecule has 11 heavy (non-hydrogen) atoms. The van der Waals surface area contributed by atoms with Gasteiger partial charge in [-0.1, -0.05) is 0 Å². The first-order valence-corrected chi connectivity index (χ1v) is 3.95. The summed E-state index contributed by atoms with van der Waals surface area (Å²) in [6, 6.07) is 0. The molecule has 0 aromatic carbocycles. The molecule has 0 aliphatic carbocycles. The number of β-amino-alcohol motifs (C(OH)–C–C–N with tert-alkyl or cyclic N) is 1. The van der Waals surface area contributed by atoms with E-state index in [0.717, 1.165) is 13.1 Å². The van der Waals surface area contributed by atoms with Crippen LogP contribution in [0.25, 0.3) is 0 Å². The van der Waals surface area contributed by atoms with Crippen molar-refractivity contribution in [3.8, 4) is 0 Å². The molecule has 2 fully saturated rings. The zero-order valence-electron chi connectivity index (χ0n) is 6.29. The van der Waals surface area contributed by atoms with E-state index in [-0.39, 0.29) is 17.9 Å². The van der Waals surface area contributed by atoms with Crippen LogP contribution in [0.3, 0.4) is 0 Å². The minimum atomic E-state index is -0.271. The van der Waals surface area contributed by atoms with Crippen LogP contribution in [-0.2, 0) is 4.79 Å². The maximum Gasteiger partial charge on any atom is 0.228 e. The Hall–Kier alpha value is -0.610. The van der Waals surface area contributed by atoms with E-state index in [1.807, 2.05) is 0 Å². The number of hydrogen-bond acceptors (Lipinski definition) is 3. The van der Waals surface area contributed by atoms with E-state index < -0.39 is 0 Å². The molecular formula is C7H12N2O2. The van der Waals surface area contributed by atoms with Gasteiger partial charge >= 0.3 is 0 Å². The fourth-order valence-corrected chi connectivity index (χ4v) is 1.36. The summed E-state index contributed by atoms with van der Waals surface area (Å²) < 4.78 is 0. The number of aliphatic hydroxyl groups is 1. The minimum Gasteiger partial charge on any atom is -0.389 e. The highest BCUT2D eigenvalue weighted by Gasteiger charge is 2.35. The van der Waals surface area contributed by atoms with E-state index in [9.17, 15) is 4.79 Å². The van der Waals surface area contributed by atoms with Gasteiger partial charge in [0.1, 0.15) is 0 Å². The van der Waals surface area contributed by atoms with E-state index in [4.69, 9.17) is 5.11 Å². The molecule has 2 aliphatic rings. The Bertz CT molecular complexity index is 173. The Morgan fingerprint density at radius 3 is 2.45 bits per heavy atom. The molecule has 4 nitrogen and oxygen atoms in total. The van der Waals surface area contributed by atoms with Gasteiger partial charge in [-0.2, -0.15) is 0 Å². The topological polar surface area (TPSA) is 52.6 Å². The molecule has 2 heterocycles. The summed E-state index contributed by atoms with van der Waals surface area (Å²) in [5.41, 5.74) is 0. The number of nitrogens with one attached hydrogen (secondary N) is 1. The molecule has 0 spiro atoms. The second-order valence-electron chi connectivity index (χ2n) is 3.25. The van der Waals surface area contributed by atoms with Crippen molar-refractivity contribution in [3.05, 3.63) is 0 Å². The van der Waals surface area contributed by atoms with Crippen LogP contribution in [0.2, 0.25) is 0 Å². The van der Waals surface area contributed by atoms with Crippen molar-refractivity contribution in [2.45, 2.75) is 6.10 Å². The van der Waals surface area contributed by atoms with Crippen molar-refractivity contribution in [2.24, 2.45) is 5.92 Å². The van der Waals surface area contributed by atoms with E-state index in [1.165, 1.54) is 0 Å². The van der Waals surface area contributed by atoms with E-state index >= 15 is 0 Å². The molecule has 62 valence electrons. The zero-order chi connectivity index (χ0) is 7.84. The third-order valence-electron chi connectivity index (χ3n) is 2.30. The summed E-state index contributed by atoms with van der Waals surface area (Å²) in [6.45, 7) is 2.70. The van der Waals surface area contributed by atoms with Crippen molar-refractivity contribution >= 4 is 5.91 Å². The number of likely N-dealkylation sites (tertiary alicyclic amines) is 1. The molecule has 0 bridgehead atoms. The van der Waals surface area contributed by atoms with Gasteiger partial charge in [0.25, 0.3) is 0 Å². The van der Waals surface area contributed by atoms with E-state index in [2.05, 4.69) is 5.32 Å². The van der Waals surface area contributed by atoms with Crippen molar-refractivity contribution in [3.63, 3.8) is 0 Å². The largest absolute Gasteiger partial charge is 0.389 e. The molecule has 1 amide bonds. The SMILES string of the molecule is O=C(C1CNC1)N1CC(O)C1. The van der Waals surface area contributed by atoms with Crippen LogP contribution < -0.4 is 5.32 Å². The van der Waals surface area contributed by atoms with Gasteiger partial charge in [0, 0.05) is 26.2 Å².